The molecule has 0 fully saturated rings. The Morgan fingerprint density at radius 2 is 1.48 bits per heavy atom. The number of phenolic OH excluding ortho intramolecular Hbond substituents is 1. The van der Waals surface area contributed by atoms with E-state index in [0.717, 1.165) is 27.8 Å². The minimum Gasteiger partial charge on any atom is -0.508 e. The van der Waals surface area contributed by atoms with Crippen molar-refractivity contribution in [3.8, 4) is 11.4 Å². The predicted octanol–water partition coefficient (Wildman–Crippen LogP) is 3.72. The first-order valence-corrected chi connectivity index (χ1v) is 7.48. The summed E-state index contributed by atoms with van der Waals surface area (Å²) >= 11 is 0. The number of aromatic nitrogens is 3. The van der Waals surface area contributed by atoms with Crippen molar-refractivity contribution in [3.63, 3.8) is 0 Å². The van der Waals surface area contributed by atoms with E-state index in [0.29, 0.717) is 12.2 Å². The van der Waals surface area contributed by atoms with E-state index < -0.39 is 0 Å². The van der Waals surface area contributed by atoms with E-state index in [1.54, 1.807) is 10.9 Å². The fourth-order valence-corrected chi connectivity index (χ4v) is 2.65. The van der Waals surface area contributed by atoms with Gasteiger partial charge in [0.25, 0.3) is 0 Å². The van der Waals surface area contributed by atoms with E-state index in [4.69, 9.17) is 0 Å². The Balaban J connectivity index is 1.69. The van der Waals surface area contributed by atoms with E-state index in [2.05, 4.69) is 10.2 Å². The molecule has 4 nitrogen and oxygen atoms in total. The Morgan fingerprint density at radius 1 is 0.783 bits per heavy atom. The van der Waals surface area contributed by atoms with E-state index in [1.165, 1.54) is 0 Å². The minimum atomic E-state index is 0.320. The molecule has 0 radical (unpaired) electrons. The first-order chi connectivity index (χ1) is 11.3. The predicted molar refractivity (Wildman–Crippen MR) is 89.8 cm³/mol. The summed E-state index contributed by atoms with van der Waals surface area (Å²) in [5.74, 6) is 0.320. The molecule has 0 atom stereocenters. The molecule has 23 heavy (non-hydrogen) atoms. The van der Waals surface area contributed by atoms with Crippen LogP contribution in [-0.4, -0.2) is 20.1 Å². The Labute approximate surface area is 133 Å². The van der Waals surface area contributed by atoms with Crippen LogP contribution in [0.15, 0.2) is 72.8 Å². The minimum absolute atomic E-state index is 0.320. The van der Waals surface area contributed by atoms with Crippen LogP contribution in [0.5, 0.6) is 5.75 Å². The number of para-hydroxylation sites is 1. The summed E-state index contributed by atoms with van der Waals surface area (Å²) in [6, 6.07) is 23.3. The number of hydrogen-bond donors (Lipinski definition) is 1. The molecule has 112 valence electrons. The summed E-state index contributed by atoms with van der Waals surface area (Å²) in [7, 11) is 0. The lowest BCUT2D eigenvalue weighted by atomic mass is 10.0. The Kier molecular flexibility index (Phi) is 3.27. The molecular weight excluding hydrogens is 286 g/mol. The molecule has 0 aliphatic heterocycles. The standard InChI is InChI=1S/C19H15N3O/c23-19-11-4-1-7-15(19)12-14-6-5-8-16(13-14)22-20-17-9-2-3-10-18(17)21-22/h1-11,13,23H,12H2. The van der Waals surface area contributed by atoms with Gasteiger partial charge in [0, 0.05) is 6.42 Å². The SMILES string of the molecule is Oc1ccccc1Cc1cccc(-n2nc3ccccc3n2)c1. The lowest BCUT2D eigenvalue weighted by Gasteiger charge is -2.06. The van der Waals surface area contributed by atoms with Gasteiger partial charge in [0.1, 0.15) is 16.8 Å². The van der Waals surface area contributed by atoms with Gasteiger partial charge in [0.05, 0.1) is 5.69 Å². The van der Waals surface area contributed by atoms with Crippen LogP contribution in [0.1, 0.15) is 11.1 Å². The van der Waals surface area contributed by atoms with E-state index >= 15 is 0 Å². The summed E-state index contributed by atoms with van der Waals surface area (Å²) in [6.07, 6.45) is 0.668. The average molecular weight is 301 g/mol. The molecule has 0 bridgehead atoms. The summed E-state index contributed by atoms with van der Waals surface area (Å²) in [5, 5.41) is 18.9. The molecule has 4 aromatic rings. The molecule has 0 spiro atoms. The highest BCUT2D eigenvalue weighted by molar-refractivity contribution is 5.73. The molecule has 1 N–H and O–H groups in total. The number of rotatable bonds is 3. The van der Waals surface area contributed by atoms with Gasteiger partial charge in [0.15, 0.2) is 0 Å². The second-order valence-electron chi connectivity index (χ2n) is 5.45. The molecule has 0 amide bonds. The van der Waals surface area contributed by atoms with Crippen LogP contribution in [0.25, 0.3) is 16.7 Å². The molecule has 1 aromatic heterocycles. The van der Waals surface area contributed by atoms with Crippen LogP contribution in [0.3, 0.4) is 0 Å². The normalized spacial score (nSPS) is 11.0. The van der Waals surface area contributed by atoms with Crippen molar-refractivity contribution in [2.24, 2.45) is 0 Å². The quantitative estimate of drug-likeness (QED) is 0.627. The Bertz CT molecular complexity index is 942. The monoisotopic (exact) mass is 301 g/mol. The second kappa shape index (κ2) is 5.57. The van der Waals surface area contributed by atoms with Crippen LogP contribution >= 0.6 is 0 Å². The third-order valence-electron chi connectivity index (χ3n) is 3.81. The number of fused-ring (bicyclic) bond motifs is 1. The van der Waals surface area contributed by atoms with Gasteiger partial charge in [-0.2, -0.15) is 4.80 Å². The zero-order chi connectivity index (χ0) is 15.6. The topological polar surface area (TPSA) is 50.9 Å². The van der Waals surface area contributed by atoms with Gasteiger partial charge >= 0.3 is 0 Å². The number of hydrogen-bond acceptors (Lipinski definition) is 3. The Hall–Kier alpha value is -3.14. The number of aromatic hydroxyl groups is 1. The van der Waals surface area contributed by atoms with Crippen molar-refractivity contribution in [2.45, 2.75) is 6.42 Å². The van der Waals surface area contributed by atoms with Crippen molar-refractivity contribution in [3.05, 3.63) is 83.9 Å². The first-order valence-electron chi connectivity index (χ1n) is 7.48. The van der Waals surface area contributed by atoms with Crippen LogP contribution in [-0.2, 0) is 6.42 Å². The summed E-state index contributed by atoms with van der Waals surface area (Å²) in [4.78, 5) is 1.65. The van der Waals surface area contributed by atoms with Crippen LogP contribution in [0.2, 0.25) is 0 Å². The highest BCUT2D eigenvalue weighted by Crippen LogP contribution is 2.21. The van der Waals surface area contributed by atoms with Gasteiger partial charge in [-0.05, 0) is 41.5 Å². The maximum atomic E-state index is 9.92. The third kappa shape index (κ3) is 2.66. The largest absolute Gasteiger partial charge is 0.508 e. The van der Waals surface area contributed by atoms with Crippen LogP contribution in [0, 0.1) is 0 Å². The molecule has 0 aliphatic rings. The van der Waals surface area contributed by atoms with E-state index in [1.807, 2.05) is 66.7 Å². The van der Waals surface area contributed by atoms with Crippen molar-refractivity contribution in [2.75, 3.05) is 0 Å². The molecule has 0 saturated carbocycles. The van der Waals surface area contributed by atoms with Crippen molar-refractivity contribution in [1.29, 1.82) is 0 Å². The summed E-state index contributed by atoms with van der Waals surface area (Å²) in [5.41, 5.74) is 4.67. The second-order valence-corrected chi connectivity index (χ2v) is 5.45. The number of nitrogens with zero attached hydrogens (tertiary/aromatic N) is 3. The lowest BCUT2D eigenvalue weighted by molar-refractivity contribution is 0.469. The van der Waals surface area contributed by atoms with Gasteiger partial charge < -0.3 is 5.11 Å². The van der Waals surface area contributed by atoms with E-state index in [-0.39, 0.29) is 0 Å². The number of phenols is 1. The van der Waals surface area contributed by atoms with Crippen molar-refractivity contribution >= 4 is 11.0 Å². The third-order valence-corrected chi connectivity index (χ3v) is 3.81. The van der Waals surface area contributed by atoms with Crippen LogP contribution < -0.4 is 0 Å². The zero-order valence-electron chi connectivity index (χ0n) is 12.4. The molecule has 0 aliphatic carbocycles. The van der Waals surface area contributed by atoms with Crippen molar-refractivity contribution in [1.82, 2.24) is 15.0 Å². The van der Waals surface area contributed by atoms with Crippen molar-refractivity contribution < 1.29 is 5.11 Å². The van der Waals surface area contributed by atoms with Gasteiger partial charge in [0.2, 0.25) is 0 Å². The molecule has 0 unspecified atom stereocenters. The van der Waals surface area contributed by atoms with Gasteiger partial charge in [-0.1, -0.05) is 42.5 Å². The maximum Gasteiger partial charge on any atom is 0.119 e. The van der Waals surface area contributed by atoms with Crippen LogP contribution in [0.4, 0.5) is 0 Å². The summed E-state index contributed by atoms with van der Waals surface area (Å²) < 4.78 is 0. The molecule has 4 heteroatoms. The zero-order valence-corrected chi connectivity index (χ0v) is 12.4. The smallest absolute Gasteiger partial charge is 0.119 e. The highest BCUT2D eigenvalue weighted by atomic mass is 16.3. The molecular formula is C19H15N3O. The van der Waals surface area contributed by atoms with Gasteiger partial charge in [-0.25, -0.2) is 0 Å². The molecule has 3 aromatic carbocycles. The Morgan fingerprint density at radius 3 is 2.22 bits per heavy atom. The maximum absolute atomic E-state index is 9.92. The molecule has 0 saturated heterocycles. The van der Waals surface area contributed by atoms with Gasteiger partial charge in [-0.15, -0.1) is 10.2 Å². The average Bonchev–Trinajstić information content (AvgIpc) is 3.01. The molecule has 4 rings (SSSR count). The fraction of sp³-hybridized carbons (Fsp3) is 0.0526. The summed E-state index contributed by atoms with van der Waals surface area (Å²) in [6.45, 7) is 0. The fourth-order valence-electron chi connectivity index (χ4n) is 2.65. The highest BCUT2D eigenvalue weighted by Gasteiger charge is 2.06. The van der Waals surface area contributed by atoms with E-state index in [9.17, 15) is 5.11 Å². The lowest BCUT2D eigenvalue weighted by Crippen LogP contribution is -1.99. The first kappa shape index (κ1) is 13.5. The molecule has 1 heterocycles. The number of benzene rings is 3. The van der Waals surface area contributed by atoms with Gasteiger partial charge in [-0.3, -0.25) is 0 Å².